The lowest BCUT2D eigenvalue weighted by molar-refractivity contribution is 0.563. The Bertz CT molecular complexity index is 463. The van der Waals surface area contributed by atoms with Crippen LogP contribution in [0.1, 0.15) is 76.7 Å². The molecule has 0 nitrogen and oxygen atoms in total. The molecule has 0 aliphatic carbocycles. The lowest BCUT2D eigenvalue weighted by Gasteiger charge is -2.26. The predicted molar refractivity (Wildman–Crippen MR) is 105 cm³/mol. The van der Waals surface area contributed by atoms with E-state index in [1.807, 2.05) is 0 Å². The summed E-state index contributed by atoms with van der Waals surface area (Å²) in [7, 11) is -0.965. The van der Waals surface area contributed by atoms with Gasteiger partial charge in [-0.25, -0.2) is 0 Å². The van der Waals surface area contributed by atoms with Gasteiger partial charge in [-0.3, -0.25) is 0 Å². The van der Waals surface area contributed by atoms with Crippen LogP contribution in [0.3, 0.4) is 0 Å². The second-order valence-electron chi connectivity index (χ2n) is 7.05. The van der Waals surface area contributed by atoms with Gasteiger partial charge in [0.05, 0.1) is 0 Å². The normalized spacial score (nSPS) is 19.5. The van der Waals surface area contributed by atoms with Crippen LogP contribution in [0.5, 0.6) is 0 Å². The summed E-state index contributed by atoms with van der Waals surface area (Å²) in [4.78, 5) is 0. The van der Waals surface area contributed by atoms with Crippen LogP contribution in [0, 0.1) is 0 Å². The minimum absolute atomic E-state index is 0.965. The van der Waals surface area contributed by atoms with E-state index in [2.05, 4.69) is 49.7 Å². The van der Waals surface area contributed by atoms with E-state index in [1.54, 1.807) is 5.30 Å². The number of benzene rings is 1. The predicted octanol–water partition coefficient (Wildman–Crippen LogP) is 6.86. The molecule has 1 unspecified atom stereocenters. The molecule has 1 aromatic rings. The standard InChI is InChI=1S/C21H34P/c1-3-4-5-6-7-8-9-10-11-14-18-22(2)19-17-20-15-12-13-16-21(20)22/h12-13,15-17,19H,3-11,14,18H2,1-2H3. The van der Waals surface area contributed by atoms with Crippen LogP contribution in [-0.4, -0.2) is 12.8 Å². The Morgan fingerprint density at radius 2 is 1.36 bits per heavy atom. The summed E-state index contributed by atoms with van der Waals surface area (Å²) in [6.45, 7) is 4.81. The van der Waals surface area contributed by atoms with Gasteiger partial charge in [0.15, 0.2) is 0 Å². The summed E-state index contributed by atoms with van der Waals surface area (Å²) in [5, 5.41) is 1.64. The van der Waals surface area contributed by atoms with Gasteiger partial charge in [0, 0.05) is 0 Å². The molecule has 1 aliphatic rings. The average Bonchev–Trinajstić information content (AvgIpc) is 2.87. The molecule has 1 aliphatic heterocycles. The minimum Gasteiger partial charge on any atom is -0.0796 e. The Balaban J connectivity index is 1.55. The van der Waals surface area contributed by atoms with E-state index in [1.165, 1.54) is 75.9 Å². The highest BCUT2D eigenvalue weighted by atomic mass is 31.2. The maximum absolute atomic E-state index is 2.53. The summed E-state index contributed by atoms with van der Waals surface area (Å²) in [6.07, 6.45) is 18.1. The van der Waals surface area contributed by atoms with Gasteiger partial charge in [-0.2, -0.15) is 0 Å². The van der Waals surface area contributed by atoms with E-state index in [0.717, 1.165) is 0 Å². The first-order valence-electron chi connectivity index (χ1n) is 9.40. The number of rotatable bonds is 11. The largest absolute Gasteiger partial charge is 0.0796 e. The summed E-state index contributed by atoms with van der Waals surface area (Å²) in [5.74, 6) is 2.53. The third-order valence-corrected chi connectivity index (χ3v) is 8.61. The minimum atomic E-state index is -0.965. The first kappa shape index (κ1) is 17.7. The van der Waals surface area contributed by atoms with E-state index in [4.69, 9.17) is 0 Å². The van der Waals surface area contributed by atoms with Crippen molar-refractivity contribution in [3.8, 4) is 0 Å². The molecule has 0 spiro atoms. The van der Waals surface area contributed by atoms with Gasteiger partial charge < -0.3 is 0 Å². The van der Waals surface area contributed by atoms with Crippen LogP contribution in [0.25, 0.3) is 6.08 Å². The zero-order valence-corrected chi connectivity index (χ0v) is 15.6. The van der Waals surface area contributed by atoms with Crippen LogP contribution < -0.4 is 5.30 Å². The zero-order chi connectivity index (χ0) is 15.7. The molecule has 0 saturated heterocycles. The van der Waals surface area contributed by atoms with Crippen molar-refractivity contribution >= 4 is 18.6 Å². The van der Waals surface area contributed by atoms with Crippen molar-refractivity contribution in [2.24, 2.45) is 0 Å². The summed E-state index contributed by atoms with van der Waals surface area (Å²) < 4.78 is 0. The smallest absolute Gasteiger partial charge is 0.0175 e. The molecule has 0 aromatic heterocycles. The van der Waals surface area contributed by atoms with E-state index in [9.17, 15) is 0 Å². The number of hydrogen-bond donors (Lipinski definition) is 0. The Hall–Kier alpha value is -0.610. The Morgan fingerprint density at radius 3 is 2.05 bits per heavy atom. The van der Waals surface area contributed by atoms with Crippen LogP contribution >= 0.6 is 7.26 Å². The van der Waals surface area contributed by atoms with Gasteiger partial charge in [0.25, 0.3) is 0 Å². The van der Waals surface area contributed by atoms with Crippen LogP contribution in [0.2, 0.25) is 0 Å². The third kappa shape index (κ3) is 5.24. The first-order chi connectivity index (χ1) is 10.8. The van der Waals surface area contributed by atoms with Crippen LogP contribution in [0.15, 0.2) is 30.1 Å². The first-order valence-corrected chi connectivity index (χ1v) is 11.9. The third-order valence-electron chi connectivity index (χ3n) is 5.05. The molecule has 2 rings (SSSR count). The number of unbranched alkanes of at least 4 members (excludes halogenated alkanes) is 9. The van der Waals surface area contributed by atoms with Crippen LogP contribution in [-0.2, 0) is 0 Å². The van der Waals surface area contributed by atoms with Crippen molar-refractivity contribution in [3.05, 3.63) is 35.6 Å². The van der Waals surface area contributed by atoms with Gasteiger partial charge in [0.2, 0.25) is 0 Å². The molecule has 1 heterocycles. The summed E-state index contributed by atoms with van der Waals surface area (Å²) in [6, 6.07) is 9.01. The van der Waals surface area contributed by atoms with Gasteiger partial charge in [-0.15, -0.1) is 0 Å². The monoisotopic (exact) mass is 317 g/mol. The molecule has 1 radical (unpaired) electrons. The van der Waals surface area contributed by atoms with E-state index in [0.29, 0.717) is 0 Å². The fourth-order valence-corrected chi connectivity index (χ4v) is 6.63. The molecule has 22 heavy (non-hydrogen) atoms. The van der Waals surface area contributed by atoms with Crippen molar-refractivity contribution in [2.45, 2.75) is 71.1 Å². The molecule has 1 aromatic carbocycles. The van der Waals surface area contributed by atoms with Crippen molar-refractivity contribution in [2.75, 3.05) is 12.8 Å². The highest BCUT2D eigenvalue weighted by molar-refractivity contribution is 7.85. The van der Waals surface area contributed by atoms with Crippen molar-refractivity contribution in [1.29, 1.82) is 0 Å². The van der Waals surface area contributed by atoms with E-state index < -0.39 is 7.26 Å². The molecule has 123 valence electrons. The Labute approximate surface area is 138 Å². The maximum atomic E-state index is 2.53. The molecule has 0 N–H and O–H groups in total. The van der Waals surface area contributed by atoms with Gasteiger partial charge in [-0.05, 0) is 30.1 Å². The molecule has 0 fully saturated rings. The maximum Gasteiger partial charge on any atom is -0.0175 e. The topological polar surface area (TPSA) is 0 Å². The molecule has 0 amide bonds. The molecular weight excluding hydrogens is 283 g/mol. The second kappa shape index (κ2) is 9.51. The van der Waals surface area contributed by atoms with Gasteiger partial charge >= 0.3 is 0 Å². The van der Waals surface area contributed by atoms with Crippen molar-refractivity contribution < 1.29 is 0 Å². The van der Waals surface area contributed by atoms with Crippen LogP contribution in [0.4, 0.5) is 0 Å². The lowest BCUT2D eigenvalue weighted by Crippen LogP contribution is -2.10. The summed E-state index contributed by atoms with van der Waals surface area (Å²) >= 11 is 0. The van der Waals surface area contributed by atoms with Gasteiger partial charge in [0.1, 0.15) is 0 Å². The fraction of sp³-hybridized carbons (Fsp3) is 0.619. The molecule has 1 atom stereocenters. The Kier molecular flexibility index (Phi) is 7.67. The molecular formula is C21H34P. The number of fused-ring (bicyclic) bond motifs is 1. The molecule has 1 heteroatoms. The highest BCUT2D eigenvalue weighted by Gasteiger charge is 2.26. The average molecular weight is 317 g/mol. The molecule has 0 saturated carbocycles. The zero-order valence-electron chi connectivity index (χ0n) is 14.7. The van der Waals surface area contributed by atoms with Crippen molar-refractivity contribution in [1.82, 2.24) is 0 Å². The van der Waals surface area contributed by atoms with E-state index >= 15 is 0 Å². The van der Waals surface area contributed by atoms with E-state index in [-0.39, 0.29) is 0 Å². The SMILES string of the molecule is CCCCCCCCCCCC[P]1(C)C=Cc2ccccc21. The quantitative estimate of drug-likeness (QED) is 0.309. The second-order valence-corrected chi connectivity index (χ2v) is 10.8. The molecule has 0 bridgehead atoms. The van der Waals surface area contributed by atoms with Crippen molar-refractivity contribution in [3.63, 3.8) is 0 Å². The Morgan fingerprint density at radius 1 is 0.773 bits per heavy atom. The number of hydrogen-bond acceptors (Lipinski definition) is 0. The van der Waals surface area contributed by atoms with Gasteiger partial charge in [-0.1, -0.05) is 108 Å². The summed E-state index contributed by atoms with van der Waals surface area (Å²) in [5.41, 5.74) is 1.48. The lowest BCUT2D eigenvalue weighted by atomic mass is 10.1. The highest BCUT2D eigenvalue weighted by Crippen LogP contribution is 2.60. The fourth-order valence-electron chi connectivity index (χ4n) is 3.54.